The molecule has 0 fully saturated rings. The lowest BCUT2D eigenvalue weighted by molar-refractivity contribution is 0.589. The molecule has 114 valence electrons. The van der Waals surface area contributed by atoms with Gasteiger partial charge in [0.15, 0.2) is 0 Å². The number of benzene rings is 1. The van der Waals surface area contributed by atoms with Gasteiger partial charge in [-0.05, 0) is 37.3 Å². The van der Waals surface area contributed by atoms with Gasteiger partial charge in [-0.15, -0.1) is 11.6 Å². The SMILES string of the molecule is Cc1nn(Cc2ccc(C(C)(C)C)cc2)c(C)c1C(C)Cl. The van der Waals surface area contributed by atoms with Gasteiger partial charge < -0.3 is 0 Å². The summed E-state index contributed by atoms with van der Waals surface area (Å²) in [6, 6.07) is 8.82. The maximum atomic E-state index is 6.25. The number of aromatic nitrogens is 2. The third kappa shape index (κ3) is 3.49. The van der Waals surface area contributed by atoms with E-state index < -0.39 is 0 Å². The maximum absolute atomic E-state index is 6.25. The second-order valence-corrected chi connectivity index (χ2v) is 7.46. The minimum absolute atomic E-state index is 0.00187. The molecule has 1 aromatic carbocycles. The summed E-state index contributed by atoms with van der Waals surface area (Å²) < 4.78 is 2.05. The number of hydrogen-bond acceptors (Lipinski definition) is 1. The number of halogens is 1. The van der Waals surface area contributed by atoms with Crippen LogP contribution in [0.1, 0.15) is 61.2 Å². The molecule has 0 saturated heterocycles. The van der Waals surface area contributed by atoms with E-state index in [1.165, 1.54) is 11.1 Å². The van der Waals surface area contributed by atoms with Crippen LogP contribution in [0.5, 0.6) is 0 Å². The van der Waals surface area contributed by atoms with Crippen molar-refractivity contribution in [2.24, 2.45) is 0 Å². The number of aryl methyl sites for hydroxylation is 1. The molecule has 0 aliphatic carbocycles. The minimum Gasteiger partial charge on any atom is -0.265 e. The van der Waals surface area contributed by atoms with Crippen molar-refractivity contribution >= 4 is 11.6 Å². The Hall–Kier alpha value is -1.28. The molecule has 2 rings (SSSR count). The third-order valence-electron chi connectivity index (χ3n) is 3.99. The first-order valence-corrected chi connectivity index (χ1v) is 7.91. The molecule has 0 saturated carbocycles. The van der Waals surface area contributed by atoms with Crippen LogP contribution in [0.3, 0.4) is 0 Å². The lowest BCUT2D eigenvalue weighted by Gasteiger charge is -2.19. The van der Waals surface area contributed by atoms with E-state index >= 15 is 0 Å². The Labute approximate surface area is 133 Å². The Morgan fingerprint density at radius 2 is 1.71 bits per heavy atom. The van der Waals surface area contributed by atoms with Crippen LogP contribution in [0.15, 0.2) is 24.3 Å². The summed E-state index contributed by atoms with van der Waals surface area (Å²) in [6.07, 6.45) is 0. The quantitative estimate of drug-likeness (QED) is 0.717. The highest BCUT2D eigenvalue weighted by atomic mass is 35.5. The molecule has 2 nitrogen and oxygen atoms in total. The summed E-state index contributed by atoms with van der Waals surface area (Å²) in [5.74, 6) is 0. The Balaban J connectivity index is 2.25. The zero-order valence-electron chi connectivity index (χ0n) is 13.9. The van der Waals surface area contributed by atoms with Crippen molar-refractivity contribution in [1.82, 2.24) is 9.78 Å². The second-order valence-electron chi connectivity index (χ2n) is 6.81. The summed E-state index contributed by atoms with van der Waals surface area (Å²) in [5.41, 5.74) is 6.16. The monoisotopic (exact) mass is 304 g/mol. The van der Waals surface area contributed by atoms with E-state index in [0.29, 0.717) is 0 Å². The van der Waals surface area contributed by atoms with E-state index in [1.807, 2.05) is 13.8 Å². The van der Waals surface area contributed by atoms with Crippen molar-refractivity contribution in [2.75, 3.05) is 0 Å². The Bertz CT molecular complexity index is 616. The van der Waals surface area contributed by atoms with Crippen molar-refractivity contribution in [3.63, 3.8) is 0 Å². The van der Waals surface area contributed by atoms with Crippen LogP contribution in [-0.4, -0.2) is 9.78 Å². The van der Waals surface area contributed by atoms with E-state index in [2.05, 4.69) is 61.7 Å². The molecule has 0 aliphatic heterocycles. The van der Waals surface area contributed by atoms with Gasteiger partial charge in [-0.25, -0.2) is 0 Å². The van der Waals surface area contributed by atoms with Gasteiger partial charge in [0.2, 0.25) is 0 Å². The molecule has 21 heavy (non-hydrogen) atoms. The summed E-state index contributed by atoms with van der Waals surface area (Å²) >= 11 is 6.25. The van der Waals surface area contributed by atoms with Crippen molar-refractivity contribution in [3.8, 4) is 0 Å². The Morgan fingerprint density at radius 3 is 2.14 bits per heavy atom. The van der Waals surface area contributed by atoms with Crippen molar-refractivity contribution in [2.45, 2.75) is 58.9 Å². The third-order valence-corrected chi connectivity index (χ3v) is 4.21. The standard InChI is InChI=1S/C18H25ClN2/c1-12(19)17-13(2)20-21(14(17)3)11-15-7-9-16(10-8-15)18(4,5)6/h7-10,12H,11H2,1-6H3. The van der Waals surface area contributed by atoms with E-state index in [9.17, 15) is 0 Å². The van der Waals surface area contributed by atoms with Gasteiger partial charge in [-0.1, -0.05) is 45.0 Å². The molecular weight excluding hydrogens is 280 g/mol. The lowest BCUT2D eigenvalue weighted by Crippen LogP contribution is -2.11. The number of hydrogen-bond donors (Lipinski definition) is 0. The van der Waals surface area contributed by atoms with Crippen molar-refractivity contribution in [3.05, 3.63) is 52.3 Å². The molecule has 0 radical (unpaired) electrons. The molecule has 1 heterocycles. The fourth-order valence-electron chi connectivity index (χ4n) is 2.72. The fraction of sp³-hybridized carbons (Fsp3) is 0.500. The number of nitrogens with zero attached hydrogens (tertiary/aromatic N) is 2. The van der Waals surface area contributed by atoms with Crippen LogP contribution >= 0.6 is 11.6 Å². The highest BCUT2D eigenvalue weighted by Crippen LogP contribution is 2.27. The summed E-state index contributed by atoms with van der Waals surface area (Å²) in [6.45, 7) is 13.6. The van der Waals surface area contributed by atoms with Crippen LogP contribution in [0, 0.1) is 13.8 Å². The van der Waals surface area contributed by atoms with Gasteiger partial charge in [0, 0.05) is 11.3 Å². The van der Waals surface area contributed by atoms with E-state index in [4.69, 9.17) is 11.6 Å². The molecule has 1 unspecified atom stereocenters. The zero-order valence-corrected chi connectivity index (χ0v) is 14.6. The molecule has 1 atom stereocenters. The first-order chi connectivity index (χ1) is 9.70. The maximum Gasteiger partial charge on any atom is 0.0662 e. The predicted octanol–water partition coefficient (Wildman–Crippen LogP) is 5.15. The molecule has 0 spiro atoms. The van der Waals surface area contributed by atoms with Crippen LogP contribution in [0.25, 0.3) is 0 Å². The van der Waals surface area contributed by atoms with E-state index in [1.54, 1.807) is 0 Å². The van der Waals surface area contributed by atoms with Gasteiger partial charge in [-0.3, -0.25) is 4.68 Å². The lowest BCUT2D eigenvalue weighted by atomic mass is 9.87. The molecule has 0 N–H and O–H groups in total. The molecule has 3 heteroatoms. The topological polar surface area (TPSA) is 17.8 Å². The van der Waals surface area contributed by atoms with Crippen LogP contribution < -0.4 is 0 Å². The minimum atomic E-state index is 0.00187. The zero-order chi connectivity index (χ0) is 15.8. The van der Waals surface area contributed by atoms with Gasteiger partial charge in [-0.2, -0.15) is 5.10 Å². The molecular formula is C18H25ClN2. The molecule has 0 aliphatic rings. The molecule has 1 aromatic heterocycles. The average molecular weight is 305 g/mol. The normalized spacial score (nSPS) is 13.5. The van der Waals surface area contributed by atoms with Gasteiger partial charge in [0.25, 0.3) is 0 Å². The number of alkyl halides is 1. The highest BCUT2D eigenvalue weighted by molar-refractivity contribution is 6.20. The van der Waals surface area contributed by atoms with Crippen molar-refractivity contribution < 1.29 is 0 Å². The summed E-state index contributed by atoms with van der Waals surface area (Å²) in [5, 5.41) is 4.63. The van der Waals surface area contributed by atoms with Crippen molar-refractivity contribution in [1.29, 1.82) is 0 Å². The predicted molar refractivity (Wildman–Crippen MR) is 90.2 cm³/mol. The summed E-state index contributed by atoms with van der Waals surface area (Å²) in [4.78, 5) is 0. The van der Waals surface area contributed by atoms with Crippen LogP contribution in [0.4, 0.5) is 0 Å². The Kier molecular flexibility index (Phi) is 4.48. The average Bonchev–Trinajstić information content (AvgIpc) is 2.64. The smallest absolute Gasteiger partial charge is 0.0662 e. The van der Waals surface area contributed by atoms with Gasteiger partial charge in [0.05, 0.1) is 17.6 Å². The molecule has 0 bridgehead atoms. The second kappa shape index (κ2) is 5.84. The number of rotatable bonds is 3. The molecule has 0 amide bonds. The van der Waals surface area contributed by atoms with Gasteiger partial charge >= 0.3 is 0 Å². The van der Waals surface area contributed by atoms with E-state index in [-0.39, 0.29) is 10.8 Å². The van der Waals surface area contributed by atoms with E-state index in [0.717, 1.165) is 23.5 Å². The summed E-state index contributed by atoms with van der Waals surface area (Å²) in [7, 11) is 0. The van der Waals surface area contributed by atoms with Gasteiger partial charge in [0.1, 0.15) is 0 Å². The van der Waals surface area contributed by atoms with Crippen LogP contribution in [0.2, 0.25) is 0 Å². The fourth-order valence-corrected chi connectivity index (χ4v) is 3.04. The molecule has 2 aromatic rings. The van der Waals surface area contributed by atoms with Crippen LogP contribution in [-0.2, 0) is 12.0 Å². The Morgan fingerprint density at radius 1 is 1.14 bits per heavy atom. The highest BCUT2D eigenvalue weighted by Gasteiger charge is 2.16. The largest absolute Gasteiger partial charge is 0.265 e. The first-order valence-electron chi connectivity index (χ1n) is 7.47. The first kappa shape index (κ1) is 16.1.